The van der Waals surface area contributed by atoms with Crippen molar-refractivity contribution in [2.24, 2.45) is 41.2 Å². The highest BCUT2D eigenvalue weighted by atomic mass is 16.7. The summed E-state index contributed by atoms with van der Waals surface area (Å²) >= 11 is 0. The molecule has 0 aromatic heterocycles. The molecule has 5 bridgehead atoms. The number of ether oxygens (including phenoxy) is 4. The fourth-order valence-electron chi connectivity index (χ4n) is 12.2. The van der Waals surface area contributed by atoms with Crippen molar-refractivity contribution in [2.45, 2.75) is 180 Å². The van der Waals surface area contributed by atoms with Gasteiger partial charge in [0.1, 0.15) is 71.1 Å². The highest BCUT2D eigenvalue weighted by Crippen LogP contribution is 2.57. The Hall–Kier alpha value is -10.1. The quantitative estimate of drug-likeness (QED) is 0.0232. The van der Waals surface area contributed by atoms with E-state index >= 15 is 0 Å². The number of benzene rings is 2. The number of carbonyl (C=O) groups excluding carboxylic acids is 12. The maximum absolute atomic E-state index is 14.8. The first-order valence-electron chi connectivity index (χ1n) is 34.4. The van der Waals surface area contributed by atoms with Crippen molar-refractivity contribution >= 4 is 98.8 Å². The van der Waals surface area contributed by atoms with Gasteiger partial charge in [-0.15, -0.1) is 0 Å². The lowest BCUT2D eigenvalue weighted by atomic mass is 9.78. The van der Waals surface area contributed by atoms with Crippen molar-refractivity contribution in [3.8, 4) is 23.0 Å². The number of Topliss-reactive ketones (excluding diaryl/α,β-unsaturated/α-hetero) is 2. The Morgan fingerprint density at radius 1 is 0.750 bits per heavy atom. The summed E-state index contributed by atoms with van der Waals surface area (Å²) in [5.41, 5.74) is 3.52. The lowest BCUT2D eigenvalue weighted by Crippen LogP contribution is -2.64. The van der Waals surface area contributed by atoms with Crippen LogP contribution in [0.15, 0.2) is 36.1 Å². The van der Waals surface area contributed by atoms with Crippen molar-refractivity contribution in [1.82, 2.24) is 42.5 Å². The molecule has 0 aliphatic carbocycles. The van der Waals surface area contributed by atoms with Crippen LogP contribution < -0.4 is 63.6 Å². The zero-order chi connectivity index (χ0) is 81.6. The average Bonchev–Trinajstić information content (AvgIpc) is 1.51. The number of allylic oxidation sites excluding steroid dienone is 2. The number of primary amides is 1. The number of carboxylic acid groups (broad SMARTS) is 1. The standard InChI is InChI=1S/C69H99N11O28/c1-25(2)35-21-38(84)37(24-81)76-63(98)36(75-67(102)48(68(103)104)80-64(99)39(85)23-74-65(100)44(33(10)82)77-66(101)47(79-62(35)97)54(91)55(92)59(70)94)22-73-61(96)32(9)71-18-19-72-45-46-53(90)42-41(52(45)89)43-57(31(8)51(42)88)108-69(12,58(43)93)106-20-17-40(105-13)28(5)56(107-34(11)83)30(7)50(87)29(6)49(86)26(3)15-14-16-27(4)60(95)78-46/h14-17,20,25-26,28-30,32-33,35-37,39-40,44,47-50,54-56,71-72,81-82,85-92H,18-19,21-24H2,1-13H3,(H2,70,94)(H,73,96)(H,74,100)(H,75,102)(H,76,98)(H,77,101)(H,78,95)(H,79,97)(H,80,99)(H,103,104)/b15-14+,20-17+,27-16-/t26-,28+,29+,30+,32?,33?,35?,36?,37?,39?,40-,44?,47?,48?,49-,50+,54?,55?,56+,69-/m0/s1. The van der Waals surface area contributed by atoms with E-state index in [0.717, 1.165) is 13.2 Å². The van der Waals surface area contributed by atoms with Crippen molar-refractivity contribution in [3.05, 3.63) is 47.3 Å². The Morgan fingerprint density at radius 2 is 1.38 bits per heavy atom. The number of carbonyl (C=O) groups is 13. The zero-order valence-corrected chi connectivity index (χ0v) is 61.6. The summed E-state index contributed by atoms with van der Waals surface area (Å²) in [6.45, 7) is 12.6. The van der Waals surface area contributed by atoms with E-state index in [9.17, 15) is 119 Å². The number of nitrogens with two attached hydrogens (primary N) is 1. The number of aromatic hydroxyl groups is 3. The molecule has 2 aromatic carbocycles. The molecule has 39 heteroatoms. The molecule has 598 valence electrons. The molecular formula is C69H99N11O28. The molecule has 39 nitrogen and oxygen atoms in total. The van der Waals surface area contributed by atoms with Gasteiger partial charge in [-0.1, -0.05) is 59.8 Å². The van der Waals surface area contributed by atoms with Gasteiger partial charge in [0.25, 0.3) is 23.5 Å². The van der Waals surface area contributed by atoms with Crippen molar-refractivity contribution < 1.29 is 137 Å². The molecule has 23 N–H and O–H groups in total. The third-order valence-corrected chi connectivity index (χ3v) is 19.0. The molecule has 9 amide bonds. The van der Waals surface area contributed by atoms with Gasteiger partial charge >= 0.3 is 17.7 Å². The molecule has 0 radical (unpaired) electrons. The first-order valence-corrected chi connectivity index (χ1v) is 34.4. The number of aliphatic hydroxyl groups is 7. The Bertz CT molecular complexity index is 3850. The number of anilines is 2. The number of β-amino-alcohol motifs (C(OH)–C–C–N with tert-alkyl or cyclic N) is 1. The van der Waals surface area contributed by atoms with E-state index in [4.69, 9.17) is 24.7 Å². The molecular weight excluding hydrogens is 1430 g/mol. The van der Waals surface area contributed by atoms with Gasteiger partial charge in [-0.3, -0.25) is 57.5 Å². The molecule has 4 heterocycles. The van der Waals surface area contributed by atoms with Crippen molar-refractivity contribution in [3.63, 3.8) is 0 Å². The summed E-state index contributed by atoms with van der Waals surface area (Å²) in [7, 11) is 1.35. The van der Waals surface area contributed by atoms with Crippen LogP contribution in [0.1, 0.15) is 98.5 Å². The normalized spacial score (nSPS) is 30.1. The average molecular weight is 1530 g/mol. The third kappa shape index (κ3) is 21.0. The molecule has 6 rings (SSSR count). The second kappa shape index (κ2) is 38.1. The predicted octanol–water partition coefficient (Wildman–Crippen LogP) is -4.93. The number of esters is 1. The summed E-state index contributed by atoms with van der Waals surface area (Å²) in [5, 5.41) is 144. The zero-order valence-electron chi connectivity index (χ0n) is 61.6. The summed E-state index contributed by atoms with van der Waals surface area (Å²) in [5.74, 6) is -28.1. The highest BCUT2D eigenvalue weighted by molar-refractivity contribution is 6.24. The van der Waals surface area contributed by atoms with Crippen LogP contribution in [0, 0.1) is 42.4 Å². The number of rotatable bonds is 17. The molecule has 4 aliphatic rings. The smallest absolute Gasteiger partial charge is 0.336 e. The summed E-state index contributed by atoms with van der Waals surface area (Å²) in [6.07, 6.45) is -8.08. The predicted molar refractivity (Wildman–Crippen MR) is 377 cm³/mol. The van der Waals surface area contributed by atoms with Gasteiger partial charge in [0.2, 0.25) is 41.5 Å². The number of hydrogen-bond donors (Lipinski definition) is 22. The van der Waals surface area contributed by atoms with Gasteiger partial charge in [0, 0.05) is 93.1 Å². The topological polar surface area (TPSA) is 628 Å². The van der Waals surface area contributed by atoms with Crippen LogP contribution in [0.5, 0.6) is 23.0 Å². The fourth-order valence-corrected chi connectivity index (χ4v) is 12.2. The van der Waals surface area contributed by atoms with Gasteiger partial charge in [0.05, 0.1) is 60.8 Å². The highest BCUT2D eigenvalue weighted by Gasteiger charge is 2.51. The van der Waals surface area contributed by atoms with Crippen LogP contribution in [0.4, 0.5) is 11.4 Å². The number of aliphatic carboxylic acids is 1. The summed E-state index contributed by atoms with van der Waals surface area (Å²) in [6, 6.07) is -12.7. The van der Waals surface area contributed by atoms with Crippen LogP contribution >= 0.6 is 0 Å². The Labute approximate surface area is 619 Å². The van der Waals surface area contributed by atoms with Crippen LogP contribution in [0.3, 0.4) is 0 Å². The Kier molecular flexibility index (Phi) is 31.2. The van der Waals surface area contributed by atoms with Gasteiger partial charge in [0.15, 0.2) is 17.6 Å². The number of hydrogen-bond acceptors (Lipinski definition) is 29. The number of fused-ring (bicyclic) bond motifs is 14. The van der Waals surface area contributed by atoms with E-state index < -0.39 is 274 Å². The van der Waals surface area contributed by atoms with Crippen LogP contribution in [-0.2, 0) is 71.7 Å². The number of phenols is 3. The fraction of sp³-hybridized carbons (Fsp3) is 0.580. The second-order valence-electron chi connectivity index (χ2n) is 27.3. The second-order valence-corrected chi connectivity index (χ2v) is 27.3. The number of amides is 9. The van der Waals surface area contributed by atoms with E-state index in [2.05, 4.69) is 31.9 Å². The lowest BCUT2D eigenvalue weighted by Gasteiger charge is -2.38. The molecule has 108 heavy (non-hydrogen) atoms. The minimum Gasteiger partial charge on any atom is -0.507 e. The van der Waals surface area contributed by atoms with E-state index in [1.807, 2.05) is 16.0 Å². The molecule has 20 atom stereocenters. The number of aliphatic hydroxyl groups excluding tert-OH is 7. The summed E-state index contributed by atoms with van der Waals surface area (Å²) in [4.78, 5) is 176. The number of ketones is 2. The lowest BCUT2D eigenvalue weighted by molar-refractivity contribution is -0.160. The molecule has 1 fully saturated rings. The monoisotopic (exact) mass is 1530 g/mol. The summed E-state index contributed by atoms with van der Waals surface area (Å²) < 4.78 is 23.6. The van der Waals surface area contributed by atoms with E-state index in [1.54, 1.807) is 39.1 Å². The van der Waals surface area contributed by atoms with E-state index in [1.165, 1.54) is 73.8 Å². The number of phenolic OH excluding ortho intramolecular Hbond substituents is 3. The molecule has 11 unspecified atom stereocenters. The first kappa shape index (κ1) is 88.5. The SMILES string of the molecule is CO[C@H]1/C=C/O[C@@]2(C)Oc3c(C)c(O)c4c(O)c(c(NCCNC(C)C(=O)NCC5NC(=O)C(C(=O)O)NC(=O)C(O)CNC(=O)C(C(C)O)NC(=O)C(C(O)C(O)C(N)=O)NC(=O)C(C(C)C)CC(=O)C(CO)NC5=O)c(O)c4c3C2=O)NC(=O)/C(C)=C\C=C\[C@H](C)[C@H](O)[C@@H](C)[C@@H](O)[C@@H](C)[C@H](OC(C)=O)[C@@H]1C. The van der Waals surface area contributed by atoms with E-state index in [0.29, 0.717) is 0 Å². The van der Waals surface area contributed by atoms with Crippen LogP contribution in [0.2, 0.25) is 0 Å². The van der Waals surface area contributed by atoms with Gasteiger partial charge in [-0.25, -0.2) is 4.79 Å². The molecule has 1 saturated heterocycles. The van der Waals surface area contributed by atoms with E-state index in [-0.39, 0.29) is 30.0 Å². The molecule has 4 aliphatic heterocycles. The minimum atomic E-state index is -2.70. The number of carboxylic acids is 1. The Morgan fingerprint density at radius 3 is 1.96 bits per heavy atom. The van der Waals surface area contributed by atoms with Gasteiger partial charge in [-0.2, -0.15) is 0 Å². The first-order chi connectivity index (χ1) is 50.4. The van der Waals surface area contributed by atoms with Gasteiger partial charge in [-0.05, 0) is 39.7 Å². The molecule has 0 spiro atoms. The van der Waals surface area contributed by atoms with Gasteiger partial charge < -0.3 is 134 Å². The van der Waals surface area contributed by atoms with Crippen LogP contribution in [-0.4, -0.2) is 264 Å². The van der Waals surface area contributed by atoms with Crippen molar-refractivity contribution in [2.75, 3.05) is 50.5 Å². The minimum absolute atomic E-state index is 0.0389. The third-order valence-electron chi connectivity index (χ3n) is 19.0. The molecule has 0 saturated carbocycles. The largest absolute Gasteiger partial charge is 0.507 e. The number of methoxy groups -OCH3 is 1. The number of nitrogens with one attached hydrogen (secondary N) is 10. The molecule has 2 aromatic rings. The van der Waals surface area contributed by atoms with Crippen molar-refractivity contribution in [1.29, 1.82) is 0 Å². The van der Waals surface area contributed by atoms with Crippen LogP contribution in [0.25, 0.3) is 10.8 Å². The maximum atomic E-state index is 14.8. The Balaban J connectivity index is 1.50. The maximum Gasteiger partial charge on any atom is 0.336 e.